The molecule has 0 aliphatic carbocycles. The van der Waals surface area contributed by atoms with Gasteiger partial charge in [0.1, 0.15) is 5.82 Å². The van der Waals surface area contributed by atoms with E-state index in [1.54, 1.807) is 17.5 Å². The number of rotatable bonds is 4. The number of thiazole rings is 1. The van der Waals surface area contributed by atoms with E-state index in [9.17, 15) is 9.18 Å². The molecule has 1 aliphatic heterocycles. The molecule has 24 heavy (non-hydrogen) atoms. The molecule has 0 radical (unpaired) electrons. The van der Waals surface area contributed by atoms with Crippen molar-refractivity contribution in [3.63, 3.8) is 0 Å². The molecular formula is C16H19ClFN3O2S. The van der Waals surface area contributed by atoms with E-state index in [2.05, 4.69) is 10.3 Å². The fraction of sp³-hybridized carbons (Fsp3) is 0.375. The van der Waals surface area contributed by atoms with Gasteiger partial charge in [0.2, 0.25) is 5.91 Å². The zero-order valence-corrected chi connectivity index (χ0v) is 14.5. The van der Waals surface area contributed by atoms with Gasteiger partial charge in [-0.1, -0.05) is 12.1 Å². The summed E-state index contributed by atoms with van der Waals surface area (Å²) in [6.07, 6.45) is 1.59. The van der Waals surface area contributed by atoms with Crippen molar-refractivity contribution in [2.45, 2.75) is 18.9 Å². The summed E-state index contributed by atoms with van der Waals surface area (Å²) in [5.41, 5.74) is 7.34. The third-order valence-electron chi connectivity index (χ3n) is 3.93. The number of anilines is 1. The Morgan fingerprint density at radius 1 is 1.42 bits per heavy atom. The minimum atomic E-state index is -0.569. The number of amides is 1. The van der Waals surface area contributed by atoms with Gasteiger partial charge in [0.25, 0.3) is 0 Å². The van der Waals surface area contributed by atoms with E-state index in [4.69, 9.17) is 10.5 Å². The zero-order valence-electron chi connectivity index (χ0n) is 12.9. The van der Waals surface area contributed by atoms with Crippen molar-refractivity contribution >= 4 is 34.8 Å². The molecule has 0 spiro atoms. The van der Waals surface area contributed by atoms with Crippen molar-refractivity contribution in [2.75, 3.05) is 18.5 Å². The lowest BCUT2D eigenvalue weighted by Crippen LogP contribution is -2.43. The Bertz CT molecular complexity index is 691. The molecule has 0 bridgehead atoms. The molecule has 1 unspecified atom stereocenters. The van der Waals surface area contributed by atoms with Crippen LogP contribution in [-0.2, 0) is 9.53 Å². The molecule has 2 heterocycles. The molecule has 1 aromatic heterocycles. The highest BCUT2D eigenvalue weighted by atomic mass is 35.5. The van der Waals surface area contributed by atoms with Gasteiger partial charge >= 0.3 is 0 Å². The van der Waals surface area contributed by atoms with E-state index in [0.29, 0.717) is 29.6 Å². The first-order valence-corrected chi connectivity index (χ1v) is 8.37. The lowest BCUT2D eigenvalue weighted by atomic mass is 9.92. The number of carbonyl (C=O) groups is 1. The number of hydrogen-bond donors (Lipinski definition) is 2. The predicted octanol–water partition coefficient (Wildman–Crippen LogP) is 3.06. The van der Waals surface area contributed by atoms with E-state index in [0.717, 1.165) is 12.8 Å². The molecule has 1 aliphatic rings. The molecule has 3 N–H and O–H groups in total. The Labute approximate surface area is 149 Å². The van der Waals surface area contributed by atoms with E-state index in [1.807, 2.05) is 0 Å². The maximum atomic E-state index is 13.3. The second-order valence-corrected chi connectivity index (χ2v) is 6.37. The number of aromatic nitrogens is 1. The molecule has 130 valence electrons. The fourth-order valence-electron chi connectivity index (χ4n) is 2.59. The first kappa shape index (κ1) is 18.8. The molecule has 1 saturated heterocycles. The van der Waals surface area contributed by atoms with Crippen LogP contribution in [-0.4, -0.2) is 30.1 Å². The van der Waals surface area contributed by atoms with Gasteiger partial charge in [0, 0.05) is 24.2 Å². The average molecular weight is 372 g/mol. The maximum absolute atomic E-state index is 13.3. The number of carbonyl (C=O) groups excluding carboxylic acids is 1. The van der Waals surface area contributed by atoms with Crippen molar-refractivity contribution in [1.29, 1.82) is 0 Å². The van der Waals surface area contributed by atoms with Crippen LogP contribution in [0.25, 0.3) is 11.3 Å². The normalized spacial score (nSPS) is 16.2. The number of nitrogens with zero attached hydrogens (tertiary/aromatic N) is 1. The fourth-order valence-corrected chi connectivity index (χ4v) is 3.31. The van der Waals surface area contributed by atoms with Gasteiger partial charge in [-0.05, 0) is 30.9 Å². The second kappa shape index (κ2) is 8.53. The van der Waals surface area contributed by atoms with Crippen molar-refractivity contribution in [3.05, 3.63) is 35.5 Å². The lowest BCUT2D eigenvalue weighted by molar-refractivity contribution is -0.119. The van der Waals surface area contributed by atoms with Crippen LogP contribution in [0.15, 0.2) is 29.6 Å². The van der Waals surface area contributed by atoms with Gasteiger partial charge in [-0.15, -0.1) is 23.7 Å². The van der Waals surface area contributed by atoms with E-state index in [1.165, 1.54) is 23.5 Å². The number of nitrogens with two attached hydrogens (primary N) is 1. The Morgan fingerprint density at radius 3 is 2.88 bits per heavy atom. The Balaban J connectivity index is 0.00000208. The molecule has 1 amide bonds. The van der Waals surface area contributed by atoms with Gasteiger partial charge in [0.15, 0.2) is 5.13 Å². The molecule has 2 aromatic rings. The first-order chi connectivity index (χ1) is 11.1. The highest BCUT2D eigenvalue weighted by Crippen LogP contribution is 2.26. The summed E-state index contributed by atoms with van der Waals surface area (Å²) in [5.74, 6) is -0.425. The van der Waals surface area contributed by atoms with Gasteiger partial charge in [-0.25, -0.2) is 9.37 Å². The van der Waals surface area contributed by atoms with Crippen LogP contribution < -0.4 is 11.1 Å². The summed E-state index contributed by atoms with van der Waals surface area (Å²) in [6.45, 7) is 1.29. The molecule has 5 nitrogen and oxygen atoms in total. The first-order valence-electron chi connectivity index (χ1n) is 7.49. The summed E-state index contributed by atoms with van der Waals surface area (Å²) in [5, 5.41) is 5.00. The minimum absolute atomic E-state index is 0. The molecule has 8 heteroatoms. The molecule has 1 atom stereocenters. The van der Waals surface area contributed by atoms with Gasteiger partial charge in [-0.3, -0.25) is 4.79 Å². The summed E-state index contributed by atoms with van der Waals surface area (Å²) in [4.78, 5) is 16.6. The van der Waals surface area contributed by atoms with Gasteiger partial charge < -0.3 is 15.8 Å². The molecule has 1 aromatic carbocycles. The number of benzene rings is 1. The van der Waals surface area contributed by atoms with Crippen LogP contribution in [0, 0.1) is 11.7 Å². The van der Waals surface area contributed by atoms with Crippen LogP contribution in [0.3, 0.4) is 0 Å². The lowest BCUT2D eigenvalue weighted by Gasteiger charge is -2.26. The van der Waals surface area contributed by atoms with Crippen LogP contribution in [0.4, 0.5) is 9.52 Å². The Kier molecular flexibility index (Phi) is 6.68. The smallest absolute Gasteiger partial charge is 0.243 e. The number of halogens is 2. The molecular weight excluding hydrogens is 353 g/mol. The third kappa shape index (κ3) is 4.51. The molecule has 0 saturated carbocycles. The number of hydrogen-bond acceptors (Lipinski definition) is 5. The average Bonchev–Trinajstić information content (AvgIpc) is 3.03. The van der Waals surface area contributed by atoms with Gasteiger partial charge in [0.05, 0.1) is 11.7 Å². The van der Waals surface area contributed by atoms with Crippen LogP contribution >= 0.6 is 23.7 Å². The largest absolute Gasteiger partial charge is 0.381 e. The highest BCUT2D eigenvalue weighted by molar-refractivity contribution is 7.14. The Morgan fingerprint density at radius 2 is 2.17 bits per heavy atom. The van der Waals surface area contributed by atoms with Gasteiger partial charge in [-0.2, -0.15) is 0 Å². The maximum Gasteiger partial charge on any atom is 0.243 e. The summed E-state index contributed by atoms with van der Waals surface area (Å²) in [7, 11) is 0. The summed E-state index contributed by atoms with van der Waals surface area (Å²) < 4.78 is 18.5. The third-order valence-corrected chi connectivity index (χ3v) is 4.69. The second-order valence-electron chi connectivity index (χ2n) is 5.51. The Hall–Kier alpha value is -1.54. The summed E-state index contributed by atoms with van der Waals surface area (Å²) >= 11 is 1.30. The number of nitrogens with one attached hydrogen (secondary N) is 1. The van der Waals surface area contributed by atoms with Crippen molar-refractivity contribution in [3.8, 4) is 11.3 Å². The highest BCUT2D eigenvalue weighted by Gasteiger charge is 2.27. The molecule has 3 rings (SSSR count). The summed E-state index contributed by atoms with van der Waals surface area (Å²) in [6, 6.07) is 5.63. The van der Waals surface area contributed by atoms with Crippen LogP contribution in [0.1, 0.15) is 12.8 Å². The predicted molar refractivity (Wildman–Crippen MR) is 94.9 cm³/mol. The topological polar surface area (TPSA) is 77.2 Å². The van der Waals surface area contributed by atoms with Crippen molar-refractivity contribution in [1.82, 2.24) is 4.98 Å². The van der Waals surface area contributed by atoms with E-state index in [-0.39, 0.29) is 30.0 Å². The zero-order chi connectivity index (χ0) is 16.2. The van der Waals surface area contributed by atoms with E-state index < -0.39 is 6.04 Å². The monoisotopic (exact) mass is 371 g/mol. The molecule has 1 fully saturated rings. The quantitative estimate of drug-likeness (QED) is 0.865. The standard InChI is InChI=1S/C16H18FN3O2S.ClH/c17-12-3-1-2-11(8-12)13-9-23-16(19-13)20-15(21)14(18)10-4-6-22-7-5-10;/h1-3,8-10,14H,4-7,18H2,(H,19,20,21);1H. The number of ether oxygens (including phenoxy) is 1. The van der Waals surface area contributed by atoms with Crippen LogP contribution in [0.5, 0.6) is 0 Å². The van der Waals surface area contributed by atoms with Crippen LogP contribution in [0.2, 0.25) is 0 Å². The van der Waals surface area contributed by atoms with E-state index >= 15 is 0 Å². The van der Waals surface area contributed by atoms with Crippen molar-refractivity contribution in [2.24, 2.45) is 11.7 Å². The van der Waals surface area contributed by atoms with Crippen molar-refractivity contribution < 1.29 is 13.9 Å². The SMILES string of the molecule is Cl.NC(C(=O)Nc1nc(-c2cccc(F)c2)cs1)C1CCOCC1. The minimum Gasteiger partial charge on any atom is -0.381 e.